The Hall–Kier alpha value is -1.39. The van der Waals surface area contributed by atoms with Gasteiger partial charge in [0.25, 0.3) is 0 Å². The molecule has 106 valence electrons. The molecular formula is C16H16BrFO2. The SMILES string of the molecule is CCOc1cccc(C(O)Cc2ccc(Br)cc2F)c1. The average molecular weight is 339 g/mol. The zero-order valence-electron chi connectivity index (χ0n) is 11.1. The number of benzene rings is 2. The Morgan fingerprint density at radius 2 is 2.05 bits per heavy atom. The van der Waals surface area contributed by atoms with Crippen LogP contribution in [0.5, 0.6) is 5.75 Å². The van der Waals surface area contributed by atoms with Gasteiger partial charge in [-0.3, -0.25) is 0 Å². The maximum atomic E-state index is 13.8. The van der Waals surface area contributed by atoms with Crippen molar-refractivity contribution < 1.29 is 14.2 Å². The summed E-state index contributed by atoms with van der Waals surface area (Å²) in [5.74, 6) is 0.389. The number of halogens is 2. The van der Waals surface area contributed by atoms with Gasteiger partial charge in [-0.15, -0.1) is 0 Å². The molecule has 0 amide bonds. The summed E-state index contributed by atoms with van der Waals surface area (Å²) in [7, 11) is 0. The summed E-state index contributed by atoms with van der Waals surface area (Å²) in [6.07, 6.45) is -0.527. The molecule has 2 aromatic carbocycles. The molecule has 0 saturated heterocycles. The number of hydrogen-bond donors (Lipinski definition) is 1. The summed E-state index contributed by atoms with van der Waals surface area (Å²) in [6.45, 7) is 2.47. The molecule has 1 N–H and O–H groups in total. The van der Waals surface area contributed by atoms with E-state index in [-0.39, 0.29) is 12.2 Å². The number of rotatable bonds is 5. The second kappa shape index (κ2) is 6.86. The highest BCUT2D eigenvalue weighted by molar-refractivity contribution is 9.10. The summed E-state index contributed by atoms with van der Waals surface area (Å²) in [4.78, 5) is 0. The predicted octanol–water partition coefficient (Wildman–Crippen LogP) is 4.26. The maximum absolute atomic E-state index is 13.8. The van der Waals surface area contributed by atoms with Crippen molar-refractivity contribution in [3.05, 3.63) is 63.9 Å². The molecule has 0 aliphatic heterocycles. The molecular weight excluding hydrogens is 323 g/mol. The third-order valence-corrected chi connectivity index (χ3v) is 3.48. The molecule has 0 saturated carbocycles. The van der Waals surface area contributed by atoms with E-state index >= 15 is 0 Å². The molecule has 20 heavy (non-hydrogen) atoms. The van der Waals surface area contributed by atoms with Gasteiger partial charge < -0.3 is 9.84 Å². The maximum Gasteiger partial charge on any atom is 0.127 e. The number of aliphatic hydroxyl groups is 1. The first kappa shape index (κ1) is 15.0. The molecule has 0 aliphatic rings. The molecule has 0 heterocycles. The Labute approximate surface area is 126 Å². The van der Waals surface area contributed by atoms with Crippen molar-refractivity contribution in [3.63, 3.8) is 0 Å². The largest absolute Gasteiger partial charge is 0.494 e. The Bertz CT molecular complexity index is 586. The molecule has 0 bridgehead atoms. The van der Waals surface area contributed by atoms with Crippen LogP contribution < -0.4 is 4.74 Å². The van der Waals surface area contributed by atoms with Gasteiger partial charge in [0.1, 0.15) is 11.6 Å². The van der Waals surface area contributed by atoms with Gasteiger partial charge in [-0.05, 0) is 42.3 Å². The first-order valence-corrected chi connectivity index (χ1v) is 7.24. The van der Waals surface area contributed by atoms with Crippen LogP contribution in [0.3, 0.4) is 0 Å². The molecule has 4 heteroatoms. The van der Waals surface area contributed by atoms with Crippen LogP contribution in [-0.2, 0) is 6.42 Å². The van der Waals surface area contributed by atoms with Gasteiger partial charge in [0.2, 0.25) is 0 Å². The molecule has 2 nitrogen and oxygen atoms in total. The summed E-state index contributed by atoms with van der Waals surface area (Å²) in [5, 5.41) is 10.2. The minimum atomic E-state index is -0.758. The van der Waals surface area contributed by atoms with Crippen molar-refractivity contribution in [2.45, 2.75) is 19.4 Å². The van der Waals surface area contributed by atoms with E-state index in [2.05, 4.69) is 15.9 Å². The topological polar surface area (TPSA) is 29.5 Å². The molecule has 0 spiro atoms. The van der Waals surface area contributed by atoms with Crippen molar-refractivity contribution in [1.82, 2.24) is 0 Å². The molecule has 2 aromatic rings. The normalized spacial score (nSPS) is 12.2. The molecule has 0 aromatic heterocycles. The van der Waals surface area contributed by atoms with E-state index < -0.39 is 6.10 Å². The van der Waals surface area contributed by atoms with Crippen LogP contribution in [0.4, 0.5) is 4.39 Å². The smallest absolute Gasteiger partial charge is 0.127 e. The highest BCUT2D eigenvalue weighted by atomic mass is 79.9. The highest BCUT2D eigenvalue weighted by Crippen LogP contribution is 2.24. The van der Waals surface area contributed by atoms with E-state index in [1.165, 1.54) is 6.07 Å². The van der Waals surface area contributed by atoms with Crippen LogP contribution in [-0.4, -0.2) is 11.7 Å². The third kappa shape index (κ3) is 3.81. The highest BCUT2D eigenvalue weighted by Gasteiger charge is 2.12. The van der Waals surface area contributed by atoms with Crippen molar-refractivity contribution in [2.24, 2.45) is 0 Å². The minimum absolute atomic E-state index is 0.231. The van der Waals surface area contributed by atoms with Crippen molar-refractivity contribution in [1.29, 1.82) is 0 Å². The van der Waals surface area contributed by atoms with Gasteiger partial charge in [0.15, 0.2) is 0 Å². The summed E-state index contributed by atoms with van der Waals surface area (Å²) in [5.41, 5.74) is 1.21. The quantitative estimate of drug-likeness (QED) is 0.882. The molecule has 0 radical (unpaired) electrons. The van der Waals surface area contributed by atoms with Crippen LogP contribution in [0.25, 0.3) is 0 Å². The molecule has 0 aliphatic carbocycles. The molecule has 2 rings (SSSR count). The summed E-state index contributed by atoms with van der Waals surface area (Å²) in [6, 6.07) is 12.1. The first-order chi connectivity index (χ1) is 9.60. The Morgan fingerprint density at radius 1 is 1.25 bits per heavy atom. The van der Waals surface area contributed by atoms with Crippen LogP contribution in [0.2, 0.25) is 0 Å². The number of aliphatic hydroxyl groups excluding tert-OH is 1. The van der Waals surface area contributed by atoms with Crippen molar-refractivity contribution in [2.75, 3.05) is 6.61 Å². The van der Waals surface area contributed by atoms with Crippen molar-refractivity contribution in [3.8, 4) is 5.75 Å². The minimum Gasteiger partial charge on any atom is -0.494 e. The van der Waals surface area contributed by atoms with Gasteiger partial charge in [0.05, 0.1) is 12.7 Å². The van der Waals surface area contributed by atoms with E-state index in [1.807, 2.05) is 25.1 Å². The van der Waals surface area contributed by atoms with Gasteiger partial charge in [-0.25, -0.2) is 4.39 Å². The first-order valence-electron chi connectivity index (χ1n) is 6.45. The molecule has 0 fully saturated rings. The fraction of sp³-hybridized carbons (Fsp3) is 0.250. The van der Waals surface area contributed by atoms with Crippen LogP contribution in [0.15, 0.2) is 46.9 Å². The van der Waals surface area contributed by atoms with Crippen LogP contribution >= 0.6 is 15.9 Å². The average Bonchev–Trinajstić information content (AvgIpc) is 2.42. The van der Waals surface area contributed by atoms with Crippen LogP contribution in [0.1, 0.15) is 24.2 Å². The Kier molecular flexibility index (Phi) is 5.15. The second-order valence-electron chi connectivity index (χ2n) is 4.46. The Morgan fingerprint density at radius 3 is 2.75 bits per heavy atom. The van der Waals surface area contributed by atoms with E-state index in [0.717, 1.165) is 5.56 Å². The third-order valence-electron chi connectivity index (χ3n) is 2.98. The van der Waals surface area contributed by atoms with Crippen molar-refractivity contribution >= 4 is 15.9 Å². The van der Waals surface area contributed by atoms with E-state index in [4.69, 9.17) is 4.74 Å². The summed E-state index contributed by atoms with van der Waals surface area (Å²) >= 11 is 3.22. The van der Waals surface area contributed by atoms with E-state index in [9.17, 15) is 9.50 Å². The summed E-state index contributed by atoms with van der Waals surface area (Å²) < 4.78 is 19.8. The zero-order chi connectivity index (χ0) is 14.5. The second-order valence-corrected chi connectivity index (χ2v) is 5.38. The fourth-order valence-electron chi connectivity index (χ4n) is 1.99. The number of hydrogen-bond acceptors (Lipinski definition) is 2. The van der Waals surface area contributed by atoms with Gasteiger partial charge >= 0.3 is 0 Å². The zero-order valence-corrected chi connectivity index (χ0v) is 12.7. The lowest BCUT2D eigenvalue weighted by Crippen LogP contribution is -2.04. The van der Waals surface area contributed by atoms with Crippen LogP contribution in [0, 0.1) is 5.82 Å². The predicted molar refractivity (Wildman–Crippen MR) is 80.4 cm³/mol. The van der Waals surface area contributed by atoms with E-state index in [0.29, 0.717) is 22.4 Å². The number of ether oxygens (including phenoxy) is 1. The molecule has 1 unspecified atom stereocenters. The van der Waals surface area contributed by atoms with Gasteiger partial charge in [0, 0.05) is 10.9 Å². The van der Waals surface area contributed by atoms with Gasteiger partial charge in [-0.1, -0.05) is 34.1 Å². The molecule has 1 atom stereocenters. The standard InChI is InChI=1S/C16H16BrFO2/c1-2-20-14-5-3-4-12(8-14)16(19)9-11-6-7-13(17)10-15(11)18/h3-8,10,16,19H,2,9H2,1H3. The Balaban J connectivity index is 2.15. The van der Waals surface area contributed by atoms with E-state index in [1.54, 1.807) is 18.2 Å². The van der Waals surface area contributed by atoms with Gasteiger partial charge in [-0.2, -0.15) is 0 Å². The lowest BCUT2D eigenvalue weighted by molar-refractivity contribution is 0.176. The lowest BCUT2D eigenvalue weighted by atomic mass is 10.0. The monoisotopic (exact) mass is 338 g/mol. The fourth-order valence-corrected chi connectivity index (χ4v) is 2.32. The lowest BCUT2D eigenvalue weighted by Gasteiger charge is -2.13.